The summed E-state index contributed by atoms with van der Waals surface area (Å²) >= 11 is 1.59. The van der Waals surface area contributed by atoms with Gasteiger partial charge in [0.05, 0.1) is 0 Å². The molecular formula is C14H17N3S. The molecule has 2 aromatic rings. The van der Waals surface area contributed by atoms with Crippen LogP contribution in [0.5, 0.6) is 0 Å². The summed E-state index contributed by atoms with van der Waals surface area (Å²) in [5, 5.41) is 0.780. The lowest BCUT2D eigenvalue weighted by Crippen LogP contribution is -2.04. The Morgan fingerprint density at radius 3 is 2.50 bits per heavy atom. The van der Waals surface area contributed by atoms with Crippen molar-refractivity contribution < 1.29 is 0 Å². The predicted octanol–water partition coefficient (Wildman–Crippen LogP) is 2.75. The number of nitrogens with two attached hydrogens (primary N) is 1. The average Bonchev–Trinajstić information content (AvgIpc) is 2.36. The smallest absolute Gasteiger partial charge is 0.192 e. The Labute approximate surface area is 112 Å². The summed E-state index contributed by atoms with van der Waals surface area (Å²) in [5.74, 6) is 0. The minimum Gasteiger partial charge on any atom is -0.330 e. The molecule has 3 nitrogen and oxygen atoms in total. The first kappa shape index (κ1) is 13.1. The second kappa shape index (κ2) is 5.98. The van der Waals surface area contributed by atoms with Crippen LogP contribution in [0, 0.1) is 13.8 Å². The van der Waals surface area contributed by atoms with Crippen molar-refractivity contribution >= 4 is 11.8 Å². The van der Waals surface area contributed by atoms with E-state index in [-0.39, 0.29) is 0 Å². The Hall–Kier alpha value is -1.39. The third-order valence-corrected chi connectivity index (χ3v) is 3.60. The van der Waals surface area contributed by atoms with Crippen LogP contribution in [0.3, 0.4) is 0 Å². The van der Waals surface area contributed by atoms with E-state index in [0.29, 0.717) is 6.54 Å². The molecular weight excluding hydrogens is 242 g/mol. The zero-order chi connectivity index (χ0) is 13.0. The Balaban J connectivity index is 2.25. The van der Waals surface area contributed by atoms with Gasteiger partial charge in [-0.1, -0.05) is 17.7 Å². The molecule has 0 fully saturated rings. The van der Waals surface area contributed by atoms with Crippen molar-refractivity contribution in [2.75, 3.05) is 6.54 Å². The van der Waals surface area contributed by atoms with Crippen LogP contribution in [0.4, 0.5) is 0 Å². The maximum Gasteiger partial charge on any atom is 0.192 e. The monoisotopic (exact) mass is 259 g/mol. The minimum atomic E-state index is 0.659. The van der Waals surface area contributed by atoms with Crippen LogP contribution in [0.15, 0.2) is 40.6 Å². The normalized spacial score (nSPS) is 10.6. The van der Waals surface area contributed by atoms with Gasteiger partial charge in [0.2, 0.25) is 0 Å². The molecule has 0 amide bonds. The van der Waals surface area contributed by atoms with Gasteiger partial charge in [-0.25, -0.2) is 9.97 Å². The molecule has 1 aromatic carbocycles. The highest BCUT2D eigenvalue weighted by Gasteiger charge is 2.06. The fourth-order valence-corrected chi connectivity index (χ4v) is 2.53. The zero-order valence-electron chi connectivity index (χ0n) is 10.7. The van der Waals surface area contributed by atoms with Crippen LogP contribution in [0.2, 0.25) is 0 Å². The van der Waals surface area contributed by atoms with E-state index in [1.165, 1.54) is 16.0 Å². The second-order valence-electron chi connectivity index (χ2n) is 4.29. The number of hydrogen-bond donors (Lipinski definition) is 1. The Morgan fingerprint density at radius 1 is 1.11 bits per heavy atom. The summed E-state index contributed by atoms with van der Waals surface area (Å²) in [4.78, 5) is 9.83. The lowest BCUT2D eigenvalue weighted by atomic mass is 10.1. The first-order chi connectivity index (χ1) is 8.69. The van der Waals surface area contributed by atoms with Crippen LogP contribution in [-0.2, 0) is 6.42 Å². The van der Waals surface area contributed by atoms with Gasteiger partial charge in [0.1, 0.15) is 0 Å². The van der Waals surface area contributed by atoms with Gasteiger partial charge >= 0.3 is 0 Å². The number of benzene rings is 1. The fraction of sp³-hybridized carbons (Fsp3) is 0.286. The molecule has 94 valence electrons. The first-order valence-electron chi connectivity index (χ1n) is 5.95. The number of aryl methyl sites for hydroxylation is 2. The van der Waals surface area contributed by atoms with Crippen molar-refractivity contribution in [1.29, 1.82) is 0 Å². The van der Waals surface area contributed by atoms with Crippen LogP contribution in [0.1, 0.15) is 16.7 Å². The van der Waals surface area contributed by atoms with E-state index in [4.69, 9.17) is 5.73 Å². The van der Waals surface area contributed by atoms with Crippen molar-refractivity contribution in [3.63, 3.8) is 0 Å². The molecule has 0 unspecified atom stereocenters. The molecule has 2 N–H and O–H groups in total. The van der Waals surface area contributed by atoms with E-state index >= 15 is 0 Å². The molecule has 2 rings (SSSR count). The highest BCUT2D eigenvalue weighted by Crippen LogP contribution is 2.28. The fourth-order valence-electron chi connectivity index (χ4n) is 1.69. The summed E-state index contributed by atoms with van der Waals surface area (Å²) in [7, 11) is 0. The second-order valence-corrected chi connectivity index (χ2v) is 5.30. The Morgan fingerprint density at radius 2 is 1.83 bits per heavy atom. The number of rotatable bonds is 4. The van der Waals surface area contributed by atoms with Crippen LogP contribution < -0.4 is 5.73 Å². The van der Waals surface area contributed by atoms with E-state index < -0.39 is 0 Å². The summed E-state index contributed by atoms with van der Waals surface area (Å²) in [5.41, 5.74) is 9.25. The summed E-state index contributed by atoms with van der Waals surface area (Å²) in [6, 6.07) is 6.41. The maximum atomic E-state index is 5.65. The van der Waals surface area contributed by atoms with E-state index in [1.807, 2.05) is 19.3 Å². The lowest BCUT2D eigenvalue weighted by molar-refractivity contribution is 0.928. The van der Waals surface area contributed by atoms with Gasteiger partial charge in [-0.3, -0.25) is 0 Å². The number of hydrogen-bond acceptors (Lipinski definition) is 4. The van der Waals surface area contributed by atoms with E-state index in [9.17, 15) is 0 Å². The molecule has 0 saturated heterocycles. The van der Waals surface area contributed by atoms with Gasteiger partial charge in [0, 0.05) is 17.3 Å². The maximum absolute atomic E-state index is 5.65. The summed E-state index contributed by atoms with van der Waals surface area (Å²) in [6.45, 7) is 4.74. The molecule has 18 heavy (non-hydrogen) atoms. The Kier molecular flexibility index (Phi) is 4.33. The minimum absolute atomic E-state index is 0.659. The first-order valence-corrected chi connectivity index (χ1v) is 6.77. The average molecular weight is 259 g/mol. The lowest BCUT2D eigenvalue weighted by Gasteiger charge is -2.08. The molecule has 1 heterocycles. The molecule has 0 radical (unpaired) electrons. The van der Waals surface area contributed by atoms with Gasteiger partial charge in [-0.15, -0.1) is 0 Å². The van der Waals surface area contributed by atoms with Gasteiger partial charge in [0.15, 0.2) is 5.16 Å². The summed E-state index contributed by atoms with van der Waals surface area (Å²) in [6.07, 6.45) is 4.56. The molecule has 0 aliphatic carbocycles. The zero-order valence-corrected chi connectivity index (χ0v) is 11.5. The van der Waals surface area contributed by atoms with Crippen LogP contribution in [-0.4, -0.2) is 16.5 Å². The molecule has 0 aliphatic heterocycles. The molecule has 0 bridgehead atoms. The molecule has 0 spiro atoms. The van der Waals surface area contributed by atoms with Crippen molar-refractivity contribution in [3.05, 3.63) is 47.3 Å². The molecule has 4 heteroatoms. The van der Waals surface area contributed by atoms with E-state index in [2.05, 4.69) is 35.1 Å². The topological polar surface area (TPSA) is 51.8 Å². The van der Waals surface area contributed by atoms with Crippen molar-refractivity contribution in [3.8, 4) is 0 Å². The summed E-state index contributed by atoms with van der Waals surface area (Å²) < 4.78 is 0. The van der Waals surface area contributed by atoms with E-state index in [1.54, 1.807) is 11.8 Å². The third kappa shape index (κ3) is 3.31. The molecule has 0 saturated carbocycles. The standard InChI is InChI=1S/C14H17N3S/c1-10-3-4-13(12(7-10)5-6-15)18-14-16-8-11(2)9-17-14/h3-4,7-9H,5-6,15H2,1-2H3. The van der Waals surface area contributed by atoms with Gasteiger partial charge in [-0.2, -0.15) is 0 Å². The highest BCUT2D eigenvalue weighted by atomic mass is 32.2. The highest BCUT2D eigenvalue weighted by molar-refractivity contribution is 7.99. The SMILES string of the molecule is Cc1cnc(Sc2ccc(C)cc2CCN)nc1. The number of aromatic nitrogens is 2. The van der Waals surface area contributed by atoms with Crippen molar-refractivity contribution in [2.45, 2.75) is 30.3 Å². The quantitative estimate of drug-likeness (QED) is 0.858. The van der Waals surface area contributed by atoms with Gasteiger partial charge in [-0.05, 0) is 55.8 Å². The van der Waals surface area contributed by atoms with E-state index in [0.717, 1.165) is 17.1 Å². The van der Waals surface area contributed by atoms with Crippen molar-refractivity contribution in [1.82, 2.24) is 9.97 Å². The van der Waals surface area contributed by atoms with Crippen LogP contribution in [0.25, 0.3) is 0 Å². The molecule has 0 aliphatic rings. The van der Waals surface area contributed by atoms with Crippen LogP contribution >= 0.6 is 11.8 Å². The predicted molar refractivity (Wildman–Crippen MR) is 74.8 cm³/mol. The van der Waals surface area contributed by atoms with Gasteiger partial charge in [0.25, 0.3) is 0 Å². The molecule has 0 atom stereocenters. The largest absolute Gasteiger partial charge is 0.330 e. The van der Waals surface area contributed by atoms with Crippen molar-refractivity contribution in [2.24, 2.45) is 5.73 Å². The molecule has 1 aromatic heterocycles. The van der Waals surface area contributed by atoms with Gasteiger partial charge < -0.3 is 5.73 Å². The third-order valence-electron chi connectivity index (χ3n) is 2.59. The Bertz CT molecular complexity index is 523. The number of nitrogens with zero attached hydrogens (tertiary/aromatic N) is 2.